The van der Waals surface area contributed by atoms with Crippen molar-refractivity contribution in [2.75, 3.05) is 0 Å². The minimum absolute atomic E-state index is 0.000545. The number of aromatic nitrogens is 2. The van der Waals surface area contributed by atoms with Crippen molar-refractivity contribution in [2.45, 2.75) is 46.1 Å². The van der Waals surface area contributed by atoms with Gasteiger partial charge in [0.2, 0.25) is 5.88 Å². The molecule has 0 saturated heterocycles. The second-order valence-corrected chi connectivity index (χ2v) is 5.49. The first-order valence-electron chi connectivity index (χ1n) is 5.01. The van der Waals surface area contributed by atoms with Gasteiger partial charge < -0.3 is 4.74 Å². The third-order valence-corrected chi connectivity index (χ3v) is 2.15. The summed E-state index contributed by atoms with van der Waals surface area (Å²) in [5, 5.41) is 0. The molecule has 0 fully saturated rings. The molecule has 1 rings (SSSR count). The van der Waals surface area contributed by atoms with Crippen molar-refractivity contribution >= 4 is 15.9 Å². The Balaban J connectivity index is 3.06. The van der Waals surface area contributed by atoms with Gasteiger partial charge in [-0.25, -0.2) is 4.98 Å². The molecular weight excluding hydrogens is 256 g/mol. The smallest absolute Gasteiger partial charge is 0.217 e. The van der Waals surface area contributed by atoms with E-state index in [4.69, 9.17) is 4.74 Å². The molecule has 3 nitrogen and oxygen atoms in total. The summed E-state index contributed by atoms with van der Waals surface area (Å²) >= 11 is 3.29. The van der Waals surface area contributed by atoms with Crippen LogP contribution in [0.25, 0.3) is 0 Å². The molecule has 0 aromatic carbocycles. The van der Waals surface area contributed by atoms with E-state index in [1.54, 1.807) is 0 Å². The molecule has 0 unspecified atom stereocenters. The van der Waals surface area contributed by atoms with Crippen molar-refractivity contribution in [1.29, 1.82) is 0 Å². The second kappa shape index (κ2) is 4.47. The molecule has 0 aliphatic carbocycles. The van der Waals surface area contributed by atoms with E-state index in [2.05, 4.69) is 46.7 Å². The Hall–Kier alpha value is -0.640. The first kappa shape index (κ1) is 12.4. The van der Waals surface area contributed by atoms with Crippen LogP contribution in [0.15, 0.2) is 10.8 Å². The average molecular weight is 273 g/mol. The van der Waals surface area contributed by atoms with Gasteiger partial charge in [-0.1, -0.05) is 20.8 Å². The molecule has 0 saturated carbocycles. The highest BCUT2D eigenvalue weighted by atomic mass is 79.9. The van der Waals surface area contributed by atoms with Crippen molar-refractivity contribution in [2.24, 2.45) is 0 Å². The molecule has 0 aliphatic rings. The third kappa shape index (κ3) is 3.78. The molecule has 15 heavy (non-hydrogen) atoms. The molecule has 1 aromatic heterocycles. The lowest BCUT2D eigenvalue weighted by Crippen LogP contribution is -2.15. The fourth-order valence-electron chi connectivity index (χ4n) is 1.08. The number of hydrogen-bond acceptors (Lipinski definition) is 3. The maximum absolute atomic E-state index is 5.55. The Bertz CT molecular complexity index is 345. The predicted molar refractivity (Wildman–Crippen MR) is 64.2 cm³/mol. The van der Waals surface area contributed by atoms with Gasteiger partial charge in [-0.3, -0.25) is 0 Å². The van der Waals surface area contributed by atoms with E-state index in [1.165, 1.54) is 0 Å². The van der Waals surface area contributed by atoms with Crippen molar-refractivity contribution in [3.63, 3.8) is 0 Å². The van der Waals surface area contributed by atoms with Crippen molar-refractivity contribution in [3.05, 3.63) is 16.5 Å². The lowest BCUT2D eigenvalue weighted by molar-refractivity contribution is 0.231. The third-order valence-electron chi connectivity index (χ3n) is 1.80. The number of nitrogens with zero attached hydrogens (tertiary/aromatic N) is 2. The van der Waals surface area contributed by atoms with Gasteiger partial charge >= 0.3 is 0 Å². The van der Waals surface area contributed by atoms with Crippen molar-refractivity contribution in [3.8, 4) is 5.88 Å². The minimum Gasteiger partial charge on any atom is -0.475 e. The zero-order chi connectivity index (χ0) is 11.6. The topological polar surface area (TPSA) is 35.0 Å². The van der Waals surface area contributed by atoms with E-state index in [0.717, 1.165) is 5.69 Å². The van der Waals surface area contributed by atoms with Crippen LogP contribution < -0.4 is 4.74 Å². The van der Waals surface area contributed by atoms with Crippen LogP contribution in [0.1, 0.15) is 40.3 Å². The van der Waals surface area contributed by atoms with E-state index < -0.39 is 0 Å². The van der Waals surface area contributed by atoms with Gasteiger partial charge in [0.15, 0.2) is 4.73 Å². The van der Waals surface area contributed by atoms with Crippen LogP contribution in [0, 0.1) is 0 Å². The largest absolute Gasteiger partial charge is 0.475 e. The second-order valence-electron chi connectivity index (χ2n) is 4.78. The molecule has 0 spiro atoms. The van der Waals surface area contributed by atoms with Crippen molar-refractivity contribution < 1.29 is 4.74 Å². The van der Waals surface area contributed by atoms with Gasteiger partial charge in [-0.15, -0.1) is 0 Å². The van der Waals surface area contributed by atoms with Crippen LogP contribution in [0.5, 0.6) is 5.88 Å². The summed E-state index contributed by atoms with van der Waals surface area (Å²) in [4.78, 5) is 8.51. The molecule has 0 aliphatic heterocycles. The summed E-state index contributed by atoms with van der Waals surface area (Å²) in [6, 6.07) is 1.89. The number of ether oxygens (including phenoxy) is 1. The molecule has 4 heteroatoms. The molecule has 0 amide bonds. The standard InChI is InChI=1S/C11H17BrN2O/c1-7(2)15-9-6-8(11(3,4)5)13-10(12)14-9/h6-7H,1-5H3. The van der Waals surface area contributed by atoms with Crippen LogP contribution in [0.3, 0.4) is 0 Å². The molecule has 84 valence electrons. The van der Waals surface area contributed by atoms with E-state index in [9.17, 15) is 0 Å². The highest BCUT2D eigenvalue weighted by molar-refractivity contribution is 9.10. The van der Waals surface area contributed by atoms with Crippen LogP contribution in [-0.4, -0.2) is 16.1 Å². The summed E-state index contributed by atoms with van der Waals surface area (Å²) in [5.41, 5.74) is 0.973. The van der Waals surface area contributed by atoms with Crippen molar-refractivity contribution in [1.82, 2.24) is 9.97 Å². The summed E-state index contributed by atoms with van der Waals surface area (Å²) in [5.74, 6) is 0.622. The van der Waals surface area contributed by atoms with Gasteiger partial charge in [0.05, 0.1) is 11.8 Å². The van der Waals surface area contributed by atoms with Crippen LogP contribution in [-0.2, 0) is 5.41 Å². The molecule has 1 aromatic rings. The molecule has 0 atom stereocenters. The quantitative estimate of drug-likeness (QED) is 0.775. The van der Waals surface area contributed by atoms with Crippen LogP contribution >= 0.6 is 15.9 Å². The maximum atomic E-state index is 5.55. The lowest BCUT2D eigenvalue weighted by Gasteiger charge is -2.19. The Morgan fingerprint density at radius 1 is 1.27 bits per heavy atom. The maximum Gasteiger partial charge on any atom is 0.217 e. The molecule has 1 heterocycles. The van der Waals surface area contributed by atoms with Gasteiger partial charge in [-0.2, -0.15) is 4.98 Å². The van der Waals surface area contributed by atoms with E-state index in [-0.39, 0.29) is 11.5 Å². The predicted octanol–water partition coefficient (Wildman–Crippen LogP) is 3.32. The van der Waals surface area contributed by atoms with E-state index in [1.807, 2.05) is 19.9 Å². The molecule has 0 N–H and O–H groups in total. The number of rotatable bonds is 2. The fraction of sp³-hybridized carbons (Fsp3) is 0.636. The Morgan fingerprint density at radius 3 is 2.33 bits per heavy atom. The molecular formula is C11H17BrN2O. The normalized spacial score (nSPS) is 11.9. The SMILES string of the molecule is CC(C)Oc1cc(C(C)(C)C)nc(Br)n1. The van der Waals surface area contributed by atoms with E-state index >= 15 is 0 Å². The first-order chi connectivity index (χ1) is 6.79. The fourth-order valence-corrected chi connectivity index (χ4v) is 1.45. The lowest BCUT2D eigenvalue weighted by atomic mass is 9.92. The van der Waals surface area contributed by atoms with Gasteiger partial charge in [0.1, 0.15) is 0 Å². The minimum atomic E-state index is 0.000545. The van der Waals surface area contributed by atoms with Gasteiger partial charge in [-0.05, 0) is 29.8 Å². The Kier molecular flexibility index (Phi) is 3.71. The Morgan fingerprint density at radius 2 is 1.87 bits per heavy atom. The monoisotopic (exact) mass is 272 g/mol. The first-order valence-corrected chi connectivity index (χ1v) is 5.80. The van der Waals surface area contributed by atoms with Gasteiger partial charge in [0, 0.05) is 11.5 Å². The summed E-state index contributed by atoms with van der Waals surface area (Å²) < 4.78 is 6.12. The van der Waals surface area contributed by atoms with Gasteiger partial charge in [0.25, 0.3) is 0 Å². The highest BCUT2D eigenvalue weighted by Crippen LogP contribution is 2.24. The highest BCUT2D eigenvalue weighted by Gasteiger charge is 2.18. The summed E-state index contributed by atoms with van der Waals surface area (Å²) in [6.07, 6.45) is 0.125. The van der Waals surface area contributed by atoms with Crippen LogP contribution in [0.4, 0.5) is 0 Å². The number of halogens is 1. The zero-order valence-corrected chi connectivity index (χ0v) is 11.4. The Labute approximate surface area is 99.4 Å². The average Bonchev–Trinajstić information content (AvgIpc) is 1.99. The summed E-state index contributed by atoms with van der Waals surface area (Å²) in [6.45, 7) is 10.3. The summed E-state index contributed by atoms with van der Waals surface area (Å²) in [7, 11) is 0. The van der Waals surface area contributed by atoms with Crippen LogP contribution in [0.2, 0.25) is 0 Å². The van der Waals surface area contributed by atoms with E-state index in [0.29, 0.717) is 10.6 Å². The number of hydrogen-bond donors (Lipinski definition) is 0. The molecule has 0 bridgehead atoms. The zero-order valence-electron chi connectivity index (χ0n) is 9.84. The molecule has 0 radical (unpaired) electrons.